The lowest BCUT2D eigenvalue weighted by atomic mass is 10.0. The van der Waals surface area contributed by atoms with E-state index in [0.717, 1.165) is 16.3 Å². The quantitative estimate of drug-likeness (QED) is 0.0931. The first-order valence-electron chi connectivity index (χ1n) is 15.7. The number of aliphatic imine (C=N–C) groups is 1. The highest BCUT2D eigenvalue weighted by Gasteiger charge is 2.32. The highest BCUT2D eigenvalue weighted by Crippen LogP contribution is 2.20. The fraction of sp³-hybridized carbons (Fsp3) is 0.278. The average Bonchev–Trinajstić information content (AvgIpc) is 3.23. The highest BCUT2D eigenvalue weighted by molar-refractivity contribution is 5.98. The van der Waals surface area contributed by atoms with Crippen LogP contribution in [0.4, 0.5) is 0 Å². The van der Waals surface area contributed by atoms with Crippen LogP contribution in [-0.4, -0.2) is 66.8 Å². The van der Waals surface area contributed by atoms with Gasteiger partial charge in [0.05, 0.1) is 12.1 Å². The number of benzene rings is 4. The summed E-state index contributed by atoms with van der Waals surface area (Å²) >= 11 is 0. The van der Waals surface area contributed by atoms with Crippen LogP contribution in [0.1, 0.15) is 51.6 Å². The zero-order chi connectivity index (χ0) is 32.3. The zero-order valence-corrected chi connectivity index (χ0v) is 25.8. The summed E-state index contributed by atoms with van der Waals surface area (Å²) in [6, 6.07) is 31.2. The number of rotatable bonds is 12. The highest BCUT2D eigenvalue weighted by atomic mass is 16.2. The Bertz CT molecular complexity index is 1660. The number of carbonyl (C=O) groups excluding carboxylic acids is 3. The van der Waals surface area contributed by atoms with Crippen molar-refractivity contribution >= 4 is 34.5 Å². The summed E-state index contributed by atoms with van der Waals surface area (Å²) in [5.41, 5.74) is 13.1. The number of fused-ring (bicyclic) bond motifs is 1. The second-order valence-corrected chi connectivity index (χ2v) is 11.5. The maximum atomic E-state index is 14.0. The molecular weight excluding hydrogens is 578 g/mol. The van der Waals surface area contributed by atoms with Gasteiger partial charge in [-0.3, -0.25) is 19.4 Å². The van der Waals surface area contributed by atoms with Crippen LogP contribution in [0, 0.1) is 0 Å². The number of hydrogen-bond acceptors (Lipinski definition) is 5. The van der Waals surface area contributed by atoms with Crippen molar-refractivity contribution in [2.45, 2.75) is 37.4 Å². The van der Waals surface area contributed by atoms with Crippen molar-refractivity contribution in [1.82, 2.24) is 20.9 Å². The molecule has 46 heavy (non-hydrogen) atoms. The second kappa shape index (κ2) is 15.7. The number of hydrogen-bond donors (Lipinski definition) is 5. The minimum absolute atomic E-state index is 0.0101. The largest absolute Gasteiger partial charge is 0.370 e. The van der Waals surface area contributed by atoms with E-state index < -0.39 is 12.1 Å². The number of amides is 3. The molecular formula is C36H41N7O3. The number of guanidine groups is 1. The molecule has 4 aromatic carbocycles. The van der Waals surface area contributed by atoms with Gasteiger partial charge in [0.15, 0.2) is 5.96 Å². The molecule has 0 aromatic heterocycles. The molecule has 5 rings (SSSR count). The molecule has 0 radical (unpaired) electrons. The van der Waals surface area contributed by atoms with Gasteiger partial charge in [0.1, 0.15) is 0 Å². The fourth-order valence-corrected chi connectivity index (χ4v) is 5.75. The standard InChI is InChI=1S/C36H41N7O3/c37-36(38)39-20-9-16-31-35(46)43(24-32(26-11-3-1-4-12-26)42-34(45)27-13-5-2-6-14-27)21-19-30(41-31)23-40-33(44)29-18-17-25-10-7-8-15-28(25)22-29/h1-8,10-15,17-18,22,30-32,41H,9,16,19-21,23-24H2,(H,40,44)(H,42,45)(H4,37,38,39). The van der Waals surface area contributed by atoms with E-state index in [1.807, 2.05) is 95.9 Å². The number of carbonyl (C=O) groups is 3. The van der Waals surface area contributed by atoms with Gasteiger partial charge < -0.3 is 32.3 Å². The monoisotopic (exact) mass is 619 g/mol. The average molecular weight is 620 g/mol. The summed E-state index contributed by atoms with van der Waals surface area (Å²) in [5.74, 6) is -0.436. The van der Waals surface area contributed by atoms with Crippen molar-refractivity contribution in [3.8, 4) is 0 Å². The van der Waals surface area contributed by atoms with Gasteiger partial charge in [-0.25, -0.2) is 0 Å². The topological polar surface area (TPSA) is 155 Å². The molecule has 10 heteroatoms. The lowest BCUT2D eigenvalue weighted by Crippen LogP contribution is -2.50. The van der Waals surface area contributed by atoms with E-state index >= 15 is 0 Å². The molecule has 238 valence electrons. The third-order valence-corrected chi connectivity index (χ3v) is 8.21. The van der Waals surface area contributed by atoms with Gasteiger partial charge in [0, 0.05) is 43.3 Å². The summed E-state index contributed by atoms with van der Waals surface area (Å²) in [6.45, 7) is 1.50. The summed E-state index contributed by atoms with van der Waals surface area (Å²) < 4.78 is 0. The van der Waals surface area contributed by atoms with Crippen molar-refractivity contribution < 1.29 is 14.4 Å². The molecule has 0 bridgehead atoms. The number of nitrogens with zero attached hydrogens (tertiary/aromatic N) is 2. The second-order valence-electron chi connectivity index (χ2n) is 11.5. The number of nitrogens with one attached hydrogen (secondary N) is 3. The Hall–Kier alpha value is -5.22. The smallest absolute Gasteiger partial charge is 0.251 e. The minimum atomic E-state index is -0.513. The molecule has 3 atom stereocenters. The third-order valence-electron chi connectivity index (χ3n) is 8.21. The summed E-state index contributed by atoms with van der Waals surface area (Å²) in [6.07, 6.45) is 1.72. The Morgan fingerprint density at radius 3 is 2.30 bits per heavy atom. The predicted octanol–water partition coefficient (Wildman–Crippen LogP) is 3.35. The van der Waals surface area contributed by atoms with Crippen LogP contribution in [0.25, 0.3) is 10.8 Å². The van der Waals surface area contributed by atoms with Gasteiger partial charge in [-0.1, -0.05) is 78.9 Å². The van der Waals surface area contributed by atoms with E-state index in [0.29, 0.717) is 56.6 Å². The van der Waals surface area contributed by atoms with Crippen LogP contribution < -0.4 is 27.4 Å². The van der Waals surface area contributed by atoms with Crippen molar-refractivity contribution in [2.24, 2.45) is 16.5 Å². The molecule has 10 nitrogen and oxygen atoms in total. The van der Waals surface area contributed by atoms with Crippen LogP contribution in [0.2, 0.25) is 0 Å². The maximum Gasteiger partial charge on any atom is 0.251 e. The summed E-state index contributed by atoms with van der Waals surface area (Å²) in [4.78, 5) is 46.2. The Kier molecular flexibility index (Phi) is 11.0. The van der Waals surface area contributed by atoms with Gasteiger partial charge in [-0.15, -0.1) is 0 Å². The van der Waals surface area contributed by atoms with Crippen LogP contribution in [0.5, 0.6) is 0 Å². The zero-order valence-electron chi connectivity index (χ0n) is 25.8. The third kappa shape index (κ3) is 8.70. The molecule has 7 N–H and O–H groups in total. The molecule has 3 amide bonds. The van der Waals surface area contributed by atoms with E-state index in [4.69, 9.17) is 11.5 Å². The first-order valence-corrected chi connectivity index (χ1v) is 15.7. The van der Waals surface area contributed by atoms with Gasteiger partial charge in [0.25, 0.3) is 11.8 Å². The molecule has 1 heterocycles. The SMILES string of the molecule is NC(N)=NCCCC1NC(CNC(=O)c2ccc3ccccc3c2)CCN(CC(NC(=O)c2ccccc2)c2ccccc2)C1=O. The normalized spacial score (nSPS) is 17.1. The molecule has 4 aromatic rings. The van der Waals surface area contributed by atoms with E-state index in [9.17, 15) is 14.4 Å². The molecule has 1 aliphatic heterocycles. The van der Waals surface area contributed by atoms with Crippen LogP contribution in [0.3, 0.4) is 0 Å². The van der Waals surface area contributed by atoms with Crippen LogP contribution >= 0.6 is 0 Å². The Balaban J connectivity index is 1.30. The molecule has 0 spiro atoms. The van der Waals surface area contributed by atoms with Gasteiger partial charge in [-0.2, -0.15) is 0 Å². The van der Waals surface area contributed by atoms with Crippen molar-refractivity contribution in [3.05, 3.63) is 120 Å². The Morgan fingerprint density at radius 2 is 1.57 bits per heavy atom. The Labute approximate surface area is 269 Å². The summed E-state index contributed by atoms with van der Waals surface area (Å²) in [7, 11) is 0. The molecule has 1 saturated heterocycles. The van der Waals surface area contributed by atoms with Crippen LogP contribution in [0.15, 0.2) is 108 Å². The molecule has 0 aliphatic carbocycles. The van der Waals surface area contributed by atoms with E-state index in [2.05, 4.69) is 20.9 Å². The van der Waals surface area contributed by atoms with Crippen molar-refractivity contribution in [3.63, 3.8) is 0 Å². The van der Waals surface area contributed by atoms with E-state index in [-0.39, 0.29) is 29.7 Å². The molecule has 1 fully saturated rings. The first-order chi connectivity index (χ1) is 22.4. The van der Waals surface area contributed by atoms with Gasteiger partial charge in [-0.05, 0) is 59.9 Å². The molecule has 1 aliphatic rings. The lowest BCUT2D eigenvalue weighted by molar-refractivity contribution is -0.133. The molecule has 0 saturated carbocycles. The van der Waals surface area contributed by atoms with Gasteiger partial charge in [0.2, 0.25) is 5.91 Å². The minimum Gasteiger partial charge on any atom is -0.370 e. The molecule has 3 unspecified atom stereocenters. The van der Waals surface area contributed by atoms with Crippen molar-refractivity contribution in [2.75, 3.05) is 26.2 Å². The lowest BCUT2D eigenvalue weighted by Gasteiger charge is -2.29. The fourth-order valence-electron chi connectivity index (χ4n) is 5.75. The predicted molar refractivity (Wildman–Crippen MR) is 181 cm³/mol. The maximum absolute atomic E-state index is 14.0. The van der Waals surface area contributed by atoms with E-state index in [1.54, 1.807) is 12.1 Å². The van der Waals surface area contributed by atoms with Crippen LogP contribution in [-0.2, 0) is 4.79 Å². The summed E-state index contributed by atoms with van der Waals surface area (Å²) in [5, 5.41) is 11.8. The van der Waals surface area contributed by atoms with Crippen molar-refractivity contribution in [1.29, 1.82) is 0 Å². The Morgan fingerprint density at radius 1 is 0.870 bits per heavy atom. The van der Waals surface area contributed by atoms with Gasteiger partial charge >= 0.3 is 0 Å². The first kappa shape index (κ1) is 32.2. The number of nitrogens with two attached hydrogens (primary N) is 2. The van der Waals surface area contributed by atoms with E-state index in [1.165, 1.54) is 0 Å².